The number of carbonyl (C=O) groups is 2. The van der Waals surface area contributed by atoms with Crippen molar-refractivity contribution in [2.24, 2.45) is 4.99 Å². The number of guanidine groups is 1. The van der Waals surface area contributed by atoms with Crippen LogP contribution in [0.25, 0.3) is 0 Å². The van der Waals surface area contributed by atoms with E-state index in [0.717, 1.165) is 11.3 Å². The third kappa shape index (κ3) is 2.05. The van der Waals surface area contributed by atoms with Crippen molar-refractivity contribution in [3.05, 3.63) is 59.4 Å². The van der Waals surface area contributed by atoms with E-state index in [1.165, 1.54) is 0 Å². The average molecular weight is 292 g/mol. The smallest absolute Gasteiger partial charge is 0.246 e. The Balaban J connectivity index is 1.69. The Labute approximate surface area is 126 Å². The Kier molecular flexibility index (Phi) is 2.75. The second kappa shape index (κ2) is 4.77. The number of nitrogens with zero attached hydrogens (tertiary/aromatic N) is 3. The summed E-state index contributed by atoms with van der Waals surface area (Å²) >= 11 is 0. The Hall–Kier alpha value is -3.02. The van der Waals surface area contributed by atoms with E-state index in [0.29, 0.717) is 30.2 Å². The zero-order valence-electron chi connectivity index (χ0n) is 11.6. The highest BCUT2D eigenvalue weighted by Gasteiger charge is 2.29. The zero-order chi connectivity index (χ0) is 15.1. The number of aliphatic imine (C=N–C) groups is 1. The first-order chi connectivity index (χ1) is 10.7. The first kappa shape index (κ1) is 12.7. The van der Waals surface area contributed by atoms with Gasteiger partial charge in [-0.2, -0.15) is 0 Å². The molecule has 1 saturated heterocycles. The molecule has 4 rings (SSSR count). The quantitative estimate of drug-likeness (QED) is 0.845. The monoisotopic (exact) mass is 292 g/mol. The van der Waals surface area contributed by atoms with Crippen LogP contribution < -0.4 is 5.32 Å². The Morgan fingerprint density at radius 1 is 1.18 bits per heavy atom. The Morgan fingerprint density at radius 3 is 2.91 bits per heavy atom. The molecule has 1 amide bonds. The summed E-state index contributed by atoms with van der Waals surface area (Å²) in [7, 11) is 0. The van der Waals surface area contributed by atoms with Gasteiger partial charge in [-0.25, -0.2) is 4.99 Å². The number of amides is 1. The second-order valence-electron chi connectivity index (χ2n) is 5.25. The fourth-order valence-corrected chi connectivity index (χ4v) is 2.67. The maximum Gasteiger partial charge on any atom is 0.246 e. The summed E-state index contributed by atoms with van der Waals surface area (Å²) in [6, 6.07) is 8.89. The molecule has 0 aliphatic carbocycles. The molecular weight excluding hydrogens is 280 g/mol. The van der Waals surface area contributed by atoms with Crippen LogP contribution in [0, 0.1) is 0 Å². The molecule has 0 bridgehead atoms. The number of ketones is 1. The molecule has 3 heterocycles. The normalized spacial score (nSPS) is 15.7. The van der Waals surface area contributed by atoms with E-state index < -0.39 is 0 Å². The number of carbonyl (C=O) groups excluding carboxylic acids is 2. The first-order valence-corrected chi connectivity index (χ1v) is 6.92. The topological polar surface area (TPSA) is 74.7 Å². The van der Waals surface area contributed by atoms with E-state index >= 15 is 0 Å². The van der Waals surface area contributed by atoms with Crippen molar-refractivity contribution >= 4 is 23.3 Å². The second-order valence-corrected chi connectivity index (χ2v) is 5.25. The minimum atomic E-state index is -0.0682. The average Bonchev–Trinajstić information content (AvgIpc) is 2.91. The molecule has 2 aliphatic rings. The van der Waals surface area contributed by atoms with Gasteiger partial charge in [-0.3, -0.25) is 19.9 Å². The maximum atomic E-state index is 12.5. The number of fused-ring (bicyclic) bond motifs is 2. The Bertz CT molecular complexity index is 814. The van der Waals surface area contributed by atoms with Crippen molar-refractivity contribution in [1.29, 1.82) is 0 Å². The van der Waals surface area contributed by atoms with Crippen molar-refractivity contribution < 1.29 is 9.59 Å². The predicted molar refractivity (Wildman–Crippen MR) is 79.8 cm³/mol. The molecule has 0 saturated carbocycles. The largest absolute Gasteiger partial charge is 0.329 e. The lowest BCUT2D eigenvalue weighted by Crippen LogP contribution is -2.32. The van der Waals surface area contributed by atoms with Gasteiger partial charge in [-0.05, 0) is 35.9 Å². The van der Waals surface area contributed by atoms with Crippen molar-refractivity contribution in [1.82, 2.24) is 15.2 Å². The number of aromatic nitrogens is 1. The third-order valence-corrected chi connectivity index (χ3v) is 3.74. The molecule has 108 valence electrons. The van der Waals surface area contributed by atoms with E-state index in [9.17, 15) is 9.59 Å². The summed E-state index contributed by atoms with van der Waals surface area (Å²) in [6.45, 7) is 0.875. The molecule has 6 nitrogen and oxygen atoms in total. The van der Waals surface area contributed by atoms with Crippen LogP contribution in [0.1, 0.15) is 21.5 Å². The predicted octanol–water partition coefficient (Wildman–Crippen LogP) is 1.25. The molecule has 0 atom stereocenters. The van der Waals surface area contributed by atoms with Crippen LogP contribution >= 0.6 is 0 Å². The minimum Gasteiger partial charge on any atom is -0.329 e. The standard InChI is InChI=1S/C16H12N4O2/c21-14-9-20-8-12-6-10(3-4-13(12)18-16(20)19-14)15(22)11-2-1-5-17-7-11/h1-7H,8-9H2,(H,18,19,21). The van der Waals surface area contributed by atoms with Crippen molar-refractivity contribution in [2.75, 3.05) is 6.54 Å². The number of pyridine rings is 1. The summed E-state index contributed by atoms with van der Waals surface area (Å²) < 4.78 is 0. The zero-order valence-corrected chi connectivity index (χ0v) is 11.6. The molecule has 1 aromatic heterocycles. The van der Waals surface area contributed by atoms with Crippen LogP contribution in [0.3, 0.4) is 0 Å². The summed E-state index contributed by atoms with van der Waals surface area (Å²) in [5.41, 5.74) is 2.88. The lowest BCUT2D eigenvalue weighted by Gasteiger charge is -2.23. The summed E-state index contributed by atoms with van der Waals surface area (Å²) in [6.07, 6.45) is 3.19. The molecule has 0 radical (unpaired) electrons. The van der Waals surface area contributed by atoms with Gasteiger partial charge in [-0.15, -0.1) is 0 Å². The summed E-state index contributed by atoms with van der Waals surface area (Å²) in [5, 5.41) is 2.72. The highest BCUT2D eigenvalue weighted by molar-refractivity contribution is 6.09. The minimum absolute atomic E-state index is 0.0572. The SMILES string of the molecule is O=C1CN2Cc3cc(C(=O)c4cccnc4)ccc3N=C2N1. The highest BCUT2D eigenvalue weighted by atomic mass is 16.2. The van der Waals surface area contributed by atoms with Crippen molar-refractivity contribution in [3.8, 4) is 0 Å². The summed E-state index contributed by atoms with van der Waals surface area (Å²) in [4.78, 5) is 34.1. The number of rotatable bonds is 2. The van der Waals surface area contributed by atoms with E-state index in [1.807, 2.05) is 17.0 Å². The lowest BCUT2D eigenvalue weighted by molar-refractivity contribution is -0.118. The van der Waals surface area contributed by atoms with Gasteiger partial charge in [0.1, 0.15) is 6.54 Å². The van der Waals surface area contributed by atoms with Crippen molar-refractivity contribution in [2.45, 2.75) is 6.54 Å². The van der Waals surface area contributed by atoms with Crippen LogP contribution in [-0.2, 0) is 11.3 Å². The molecule has 1 fully saturated rings. The fraction of sp³-hybridized carbons (Fsp3) is 0.125. The van der Waals surface area contributed by atoms with E-state index in [4.69, 9.17) is 0 Å². The number of hydrogen-bond donors (Lipinski definition) is 1. The van der Waals surface area contributed by atoms with Gasteiger partial charge in [0.2, 0.25) is 11.9 Å². The molecule has 2 aromatic rings. The molecule has 6 heteroatoms. The lowest BCUT2D eigenvalue weighted by atomic mass is 10.0. The van der Waals surface area contributed by atoms with E-state index in [1.54, 1.807) is 30.6 Å². The van der Waals surface area contributed by atoms with Crippen LogP contribution in [0.4, 0.5) is 5.69 Å². The molecular formula is C16H12N4O2. The van der Waals surface area contributed by atoms with Crippen LogP contribution in [-0.4, -0.2) is 34.1 Å². The van der Waals surface area contributed by atoms with Crippen LogP contribution in [0.15, 0.2) is 47.7 Å². The number of hydrogen-bond acceptors (Lipinski definition) is 5. The summed E-state index contributed by atoms with van der Waals surface area (Å²) in [5.74, 6) is 0.461. The van der Waals surface area contributed by atoms with Gasteiger partial charge in [0, 0.05) is 30.1 Å². The van der Waals surface area contributed by atoms with Gasteiger partial charge < -0.3 is 4.90 Å². The van der Waals surface area contributed by atoms with Crippen molar-refractivity contribution in [3.63, 3.8) is 0 Å². The molecule has 1 aromatic carbocycles. The highest BCUT2D eigenvalue weighted by Crippen LogP contribution is 2.28. The molecule has 1 N–H and O–H groups in total. The van der Waals surface area contributed by atoms with Crippen LogP contribution in [0.2, 0.25) is 0 Å². The van der Waals surface area contributed by atoms with Gasteiger partial charge in [0.05, 0.1) is 5.69 Å². The van der Waals surface area contributed by atoms with Gasteiger partial charge >= 0.3 is 0 Å². The van der Waals surface area contributed by atoms with Crippen LogP contribution in [0.5, 0.6) is 0 Å². The number of nitrogens with one attached hydrogen (secondary N) is 1. The number of benzene rings is 1. The molecule has 22 heavy (non-hydrogen) atoms. The van der Waals surface area contributed by atoms with Gasteiger partial charge in [0.15, 0.2) is 5.78 Å². The van der Waals surface area contributed by atoms with E-state index in [2.05, 4.69) is 15.3 Å². The van der Waals surface area contributed by atoms with E-state index in [-0.39, 0.29) is 11.7 Å². The molecule has 0 unspecified atom stereocenters. The molecule has 0 spiro atoms. The third-order valence-electron chi connectivity index (χ3n) is 3.74. The maximum absolute atomic E-state index is 12.5. The van der Waals surface area contributed by atoms with Gasteiger partial charge in [-0.1, -0.05) is 0 Å². The Morgan fingerprint density at radius 2 is 2.09 bits per heavy atom. The van der Waals surface area contributed by atoms with Gasteiger partial charge in [0.25, 0.3) is 0 Å². The first-order valence-electron chi connectivity index (χ1n) is 6.92. The fourth-order valence-electron chi connectivity index (χ4n) is 2.67. The molecule has 2 aliphatic heterocycles.